The van der Waals surface area contributed by atoms with Crippen LogP contribution in [0.5, 0.6) is 5.75 Å². The van der Waals surface area contributed by atoms with Crippen LogP contribution in [0.4, 0.5) is 13.2 Å². The van der Waals surface area contributed by atoms with Crippen molar-refractivity contribution in [3.05, 3.63) is 58.2 Å². The molecular weight excluding hydrogens is 423 g/mol. The Hall–Kier alpha value is -2.48. The molecule has 3 aromatic rings. The lowest BCUT2D eigenvalue weighted by Gasteiger charge is -2.15. The summed E-state index contributed by atoms with van der Waals surface area (Å²) in [5, 5.41) is 2.52. The van der Waals surface area contributed by atoms with Crippen molar-refractivity contribution in [1.82, 2.24) is 15.0 Å². The van der Waals surface area contributed by atoms with Crippen LogP contribution in [0.1, 0.15) is 61.6 Å². The largest absolute Gasteiger partial charge is 0.493 e. The molecule has 0 atom stereocenters. The summed E-state index contributed by atoms with van der Waals surface area (Å²) >= 11 is 1.38. The molecule has 4 nitrogen and oxygen atoms in total. The van der Waals surface area contributed by atoms with Crippen LogP contribution >= 0.6 is 11.3 Å². The highest BCUT2D eigenvalue weighted by Crippen LogP contribution is 2.37. The van der Waals surface area contributed by atoms with Gasteiger partial charge in [0.2, 0.25) is 0 Å². The minimum atomic E-state index is -4.47. The van der Waals surface area contributed by atoms with Crippen molar-refractivity contribution in [2.24, 2.45) is 0 Å². The molecule has 0 amide bonds. The Morgan fingerprint density at radius 3 is 2.48 bits per heavy atom. The van der Waals surface area contributed by atoms with Gasteiger partial charge in [-0.05, 0) is 30.2 Å². The molecule has 0 N–H and O–H groups in total. The second kappa shape index (κ2) is 11.2. The van der Waals surface area contributed by atoms with Gasteiger partial charge < -0.3 is 4.74 Å². The predicted molar refractivity (Wildman–Crippen MR) is 116 cm³/mol. The summed E-state index contributed by atoms with van der Waals surface area (Å²) in [5.41, 5.74) is 0.420. The van der Waals surface area contributed by atoms with Gasteiger partial charge in [-0.1, -0.05) is 45.1 Å². The van der Waals surface area contributed by atoms with E-state index in [1.807, 2.05) is 5.38 Å². The summed E-state index contributed by atoms with van der Waals surface area (Å²) in [4.78, 5) is 12.8. The summed E-state index contributed by atoms with van der Waals surface area (Å²) in [6.45, 7) is 2.44. The van der Waals surface area contributed by atoms with Crippen molar-refractivity contribution >= 4 is 11.3 Å². The van der Waals surface area contributed by atoms with Gasteiger partial charge >= 0.3 is 6.18 Å². The maximum Gasteiger partial charge on any atom is 0.419 e. The number of hydrogen-bond donors (Lipinski definition) is 0. The van der Waals surface area contributed by atoms with Gasteiger partial charge in [-0.2, -0.15) is 13.2 Å². The number of hydrogen-bond acceptors (Lipinski definition) is 5. The lowest BCUT2D eigenvalue weighted by atomic mass is 10.1. The van der Waals surface area contributed by atoms with E-state index in [0.717, 1.165) is 31.7 Å². The Labute approximate surface area is 184 Å². The smallest absolute Gasteiger partial charge is 0.419 e. The van der Waals surface area contributed by atoms with Gasteiger partial charge in [-0.25, -0.2) is 15.0 Å². The van der Waals surface area contributed by atoms with Crippen LogP contribution in [0.15, 0.2) is 42.0 Å². The first-order chi connectivity index (χ1) is 15.0. The maximum atomic E-state index is 13.6. The van der Waals surface area contributed by atoms with E-state index in [4.69, 9.17) is 4.74 Å². The number of aromatic nitrogens is 3. The summed E-state index contributed by atoms with van der Waals surface area (Å²) in [5.74, 6) is 0.391. The molecule has 2 heterocycles. The van der Waals surface area contributed by atoms with E-state index in [2.05, 4.69) is 21.9 Å². The molecule has 0 saturated carbocycles. The SMILES string of the molecule is CCCCCCCCOc1ccc(Cc2nc(-c3ncccn3)cs2)cc1C(F)(F)F. The second-order valence-electron chi connectivity index (χ2n) is 7.32. The molecule has 0 spiro atoms. The topological polar surface area (TPSA) is 47.9 Å². The fourth-order valence-corrected chi connectivity index (χ4v) is 4.01. The van der Waals surface area contributed by atoms with E-state index in [-0.39, 0.29) is 5.75 Å². The number of ether oxygens (including phenoxy) is 1. The van der Waals surface area contributed by atoms with Crippen molar-refractivity contribution in [2.75, 3.05) is 6.61 Å². The Kier molecular flexibility index (Phi) is 8.40. The van der Waals surface area contributed by atoms with Gasteiger partial charge in [0.25, 0.3) is 0 Å². The van der Waals surface area contributed by atoms with Gasteiger partial charge in [-0.3, -0.25) is 0 Å². The first-order valence-electron chi connectivity index (χ1n) is 10.5. The molecule has 0 saturated heterocycles. The van der Waals surface area contributed by atoms with Gasteiger partial charge in [-0.15, -0.1) is 11.3 Å². The number of alkyl halides is 3. The number of thiazole rings is 1. The van der Waals surface area contributed by atoms with Crippen LogP contribution in [-0.2, 0) is 12.6 Å². The molecule has 31 heavy (non-hydrogen) atoms. The quantitative estimate of drug-likeness (QED) is 0.297. The Morgan fingerprint density at radius 1 is 1.00 bits per heavy atom. The van der Waals surface area contributed by atoms with Crippen LogP contribution in [-0.4, -0.2) is 21.6 Å². The summed E-state index contributed by atoms with van der Waals surface area (Å²) < 4.78 is 46.3. The zero-order valence-electron chi connectivity index (χ0n) is 17.5. The molecule has 0 fully saturated rings. The highest BCUT2D eigenvalue weighted by atomic mass is 32.1. The number of benzene rings is 1. The van der Waals surface area contributed by atoms with Crippen molar-refractivity contribution < 1.29 is 17.9 Å². The highest BCUT2D eigenvalue weighted by Gasteiger charge is 2.34. The van der Waals surface area contributed by atoms with E-state index in [1.54, 1.807) is 24.5 Å². The van der Waals surface area contributed by atoms with Gasteiger partial charge in [0.1, 0.15) is 11.4 Å². The van der Waals surface area contributed by atoms with E-state index in [0.29, 0.717) is 35.1 Å². The third kappa shape index (κ3) is 7.02. The minimum Gasteiger partial charge on any atom is -0.493 e. The van der Waals surface area contributed by atoms with Crippen LogP contribution in [0.3, 0.4) is 0 Å². The molecule has 0 radical (unpaired) electrons. The first-order valence-corrected chi connectivity index (χ1v) is 11.4. The minimum absolute atomic E-state index is 0.109. The molecule has 0 unspecified atom stereocenters. The fourth-order valence-electron chi connectivity index (χ4n) is 3.20. The predicted octanol–water partition coefficient (Wildman–Crippen LogP) is 6.95. The van der Waals surface area contributed by atoms with E-state index in [1.165, 1.54) is 30.2 Å². The summed E-state index contributed by atoms with van der Waals surface area (Å²) in [6.07, 6.45) is 5.42. The average molecular weight is 450 g/mol. The van der Waals surface area contributed by atoms with Crippen molar-refractivity contribution in [1.29, 1.82) is 0 Å². The normalized spacial score (nSPS) is 11.6. The van der Waals surface area contributed by atoms with Gasteiger partial charge in [0.15, 0.2) is 5.82 Å². The average Bonchev–Trinajstić information content (AvgIpc) is 3.22. The lowest BCUT2D eigenvalue weighted by Crippen LogP contribution is -2.10. The molecule has 3 rings (SSSR count). The molecule has 166 valence electrons. The molecule has 0 aliphatic carbocycles. The van der Waals surface area contributed by atoms with Gasteiger partial charge in [0, 0.05) is 24.2 Å². The number of halogens is 3. The van der Waals surface area contributed by atoms with Crippen LogP contribution < -0.4 is 4.74 Å². The standard InChI is InChI=1S/C23H26F3N3OS/c1-2-3-4-5-6-7-13-30-20-10-9-17(14-18(20)23(24,25)26)15-21-29-19(16-31-21)22-27-11-8-12-28-22/h8-12,14,16H,2-7,13,15H2,1H3. The third-order valence-corrected chi connectivity index (χ3v) is 5.66. The fraction of sp³-hybridized carbons (Fsp3) is 0.435. The van der Waals surface area contributed by atoms with Crippen molar-refractivity contribution in [3.63, 3.8) is 0 Å². The summed E-state index contributed by atoms with van der Waals surface area (Å²) in [6, 6.07) is 5.97. The Bertz CT molecular complexity index is 945. The number of rotatable bonds is 11. The van der Waals surface area contributed by atoms with Crippen molar-refractivity contribution in [3.8, 4) is 17.3 Å². The Morgan fingerprint density at radius 2 is 1.74 bits per heavy atom. The monoisotopic (exact) mass is 449 g/mol. The molecular formula is C23H26F3N3OS. The molecule has 2 aromatic heterocycles. The Balaban J connectivity index is 1.64. The molecule has 8 heteroatoms. The highest BCUT2D eigenvalue weighted by molar-refractivity contribution is 7.10. The lowest BCUT2D eigenvalue weighted by molar-refractivity contribution is -0.139. The molecule has 0 aliphatic heterocycles. The van der Waals surface area contributed by atoms with Crippen LogP contribution in [0.2, 0.25) is 0 Å². The number of unbranched alkanes of at least 4 members (excludes halogenated alkanes) is 5. The zero-order valence-corrected chi connectivity index (χ0v) is 18.3. The second-order valence-corrected chi connectivity index (χ2v) is 8.26. The molecule has 0 aliphatic rings. The van der Waals surface area contributed by atoms with Gasteiger partial charge in [0.05, 0.1) is 17.2 Å². The molecule has 1 aromatic carbocycles. The van der Waals surface area contributed by atoms with E-state index >= 15 is 0 Å². The van der Waals surface area contributed by atoms with Crippen molar-refractivity contribution in [2.45, 2.75) is 58.0 Å². The van der Waals surface area contributed by atoms with Crippen LogP contribution in [0.25, 0.3) is 11.5 Å². The van der Waals surface area contributed by atoms with Crippen LogP contribution in [0, 0.1) is 0 Å². The number of nitrogens with zero attached hydrogens (tertiary/aromatic N) is 3. The zero-order chi connectivity index (χ0) is 22.1. The summed E-state index contributed by atoms with van der Waals surface area (Å²) in [7, 11) is 0. The molecule has 0 bridgehead atoms. The third-order valence-electron chi connectivity index (χ3n) is 4.81. The first kappa shape index (κ1) is 23.2. The maximum absolute atomic E-state index is 13.6. The van der Waals surface area contributed by atoms with E-state index < -0.39 is 11.7 Å². The van der Waals surface area contributed by atoms with E-state index in [9.17, 15) is 13.2 Å².